The van der Waals surface area contributed by atoms with Crippen LogP contribution >= 0.6 is 0 Å². The first kappa shape index (κ1) is 22.7. The third kappa shape index (κ3) is 6.22. The summed E-state index contributed by atoms with van der Waals surface area (Å²) in [5, 5.41) is 0. The number of allylic oxidation sites excluding steroid dienone is 3. The topological polar surface area (TPSA) is 15.7 Å². The van der Waals surface area contributed by atoms with Crippen molar-refractivity contribution in [2.75, 3.05) is 46.9 Å². The van der Waals surface area contributed by atoms with Crippen molar-refractivity contribution in [1.29, 1.82) is 0 Å². The highest BCUT2D eigenvalue weighted by atomic mass is 16.5. The van der Waals surface area contributed by atoms with Crippen molar-refractivity contribution in [3.8, 4) is 5.75 Å². The summed E-state index contributed by atoms with van der Waals surface area (Å²) in [4.78, 5) is 4.63. The Hall–Kier alpha value is -1.58. The molecule has 1 aromatic carbocycles. The second-order valence-electron chi connectivity index (χ2n) is 8.86. The number of ether oxygens (including phenoxy) is 1. The van der Waals surface area contributed by atoms with Gasteiger partial charge in [0.15, 0.2) is 0 Å². The third-order valence-electron chi connectivity index (χ3n) is 5.35. The number of benzene rings is 1. The number of likely N-dealkylation sites (N-methyl/N-ethyl adjacent to an activating group) is 2. The molecule has 3 heteroatoms. The fourth-order valence-electron chi connectivity index (χ4n) is 3.38. The SMILES string of the molecule is CCN(CC)CC1=C(c2cc(C(C)(C)C)ccc2OCCN(C)C)C=CC[CH]1. The summed E-state index contributed by atoms with van der Waals surface area (Å²) in [6.45, 7) is 16.0. The summed E-state index contributed by atoms with van der Waals surface area (Å²) >= 11 is 0. The van der Waals surface area contributed by atoms with Gasteiger partial charge in [-0.05, 0) is 74.3 Å². The maximum Gasteiger partial charge on any atom is 0.127 e. The fourth-order valence-corrected chi connectivity index (χ4v) is 3.38. The molecule has 0 unspecified atom stereocenters. The van der Waals surface area contributed by atoms with Crippen molar-refractivity contribution in [3.05, 3.63) is 53.5 Å². The lowest BCUT2D eigenvalue weighted by atomic mass is 9.83. The van der Waals surface area contributed by atoms with Crippen LogP contribution in [-0.2, 0) is 5.41 Å². The van der Waals surface area contributed by atoms with E-state index in [1.54, 1.807) is 0 Å². The maximum absolute atomic E-state index is 6.24. The van der Waals surface area contributed by atoms with Crippen LogP contribution in [0.1, 0.15) is 52.2 Å². The van der Waals surface area contributed by atoms with Gasteiger partial charge in [-0.3, -0.25) is 4.90 Å². The molecular formula is C25H39N2O. The van der Waals surface area contributed by atoms with Gasteiger partial charge in [0.2, 0.25) is 0 Å². The van der Waals surface area contributed by atoms with Crippen molar-refractivity contribution in [2.45, 2.75) is 46.5 Å². The average molecular weight is 384 g/mol. The molecule has 0 aromatic heterocycles. The molecule has 2 rings (SSSR count). The Kier molecular flexibility index (Phi) is 8.33. The van der Waals surface area contributed by atoms with E-state index >= 15 is 0 Å². The largest absolute Gasteiger partial charge is 0.492 e. The van der Waals surface area contributed by atoms with Gasteiger partial charge in [0.25, 0.3) is 0 Å². The van der Waals surface area contributed by atoms with Crippen LogP contribution < -0.4 is 4.74 Å². The van der Waals surface area contributed by atoms with E-state index in [1.165, 1.54) is 22.3 Å². The summed E-state index contributed by atoms with van der Waals surface area (Å²) in [5.41, 5.74) is 5.40. The Morgan fingerprint density at radius 3 is 2.39 bits per heavy atom. The quantitative estimate of drug-likeness (QED) is 0.584. The molecule has 0 atom stereocenters. The van der Waals surface area contributed by atoms with Gasteiger partial charge in [0.05, 0.1) is 0 Å². The molecule has 1 radical (unpaired) electrons. The monoisotopic (exact) mass is 383 g/mol. The first-order valence-corrected chi connectivity index (χ1v) is 10.6. The Morgan fingerprint density at radius 1 is 1.07 bits per heavy atom. The minimum atomic E-state index is 0.110. The number of nitrogens with zero attached hydrogens (tertiary/aromatic N) is 2. The van der Waals surface area contributed by atoms with Crippen molar-refractivity contribution < 1.29 is 4.74 Å². The van der Waals surface area contributed by atoms with Gasteiger partial charge >= 0.3 is 0 Å². The van der Waals surface area contributed by atoms with Crippen LogP contribution in [-0.4, -0.2) is 56.7 Å². The van der Waals surface area contributed by atoms with Gasteiger partial charge in [-0.2, -0.15) is 0 Å². The first-order valence-electron chi connectivity index (χ1n) is 10.6. The fraction of sp³-hybridized carbons (Fsp3) is 0.560. The molecule has 0 fully saturated rings. The lowest BCUT2D eigenvalue weighted by Gasteiger charge is -2.26. The Balaban J connectivity index is 2.47. The van der Waals surface area contributed by atoms with E-state index in [-0.39, 0.29) is 5.41 Å². The predicted molar refractivity (Wildman–Crippen MR) is 122 cm³/mol. The standard InChI is InChI=1S/C25H39N2O/c1-8-27(9-2)19-20-12-10-11-13-22(20)23-18-21(25(3,4)5)14-15-24(23)28-17-16-26(6)7/h11-15,18H,8-10,16-17,19H2,1-7H3. The first-order chi connectivity index (χ1) is 13.3. The predicted octanol–water partition coefficient (Wildman–Crippen LogP) is 5.18. The summed E-state index contributed by atoms with van der Waals surface area (Å²) in [6, 6.07) is 6.72. The Bertz CT molecular complexity index is 691. The molecule has 0 saturated heterocycles. The van der Waals surface area contributed by atoms with E-state index in [0.29, 0.717) is 6.61 Å². The zero-order chi connectivity index (χ0) is 20.7. The van der Waals surface area contributed by atoms with Crippen LogP contribution in [0.4, 0.5) is 0 Å². The molecule has 0 N–H and O–H groups in total. The smallest absolute Gasteiger partial charge is 0.127 e. The van der Waals surface area contributed by atoms with Crippen molar-refractivity contribution in [1.82, 2.24) is 9.80 Å². The second-order valence-corrected chi connectivity index (χ2v) is 8.86. The van der Waals surface area contributed by atoms with Gasteiger partial charge in [-0.1, -0.05) is 52.8 Å². The van der Waals surface area contributed by atoms with E-state index in [1.807, 2.05) is 0 Å². The van der Waals surface area contributed by atoms with Gasteiger partial charge in [-0.15, -0.1) is 0 Å². The van der Waals surface area contributed by atoms with Gasteiger partial charge < -0.3 is 9.64 Å². The highest BCUT2D eigenvalue weighted by Gasteiger charge is 2.20. The summed E-state index contributed by atoms with van der Waals surface area (Å²) in [7, 11) is 4.16. The van der Waals surface area contributed by atoms with Crippen LogP contribution in [0.5, 0.6) is 5.75 Å². The van der Waals surface area contributed by atoms with Crippen molar-refractivity contribution in [3.63, 3.8) is 0 Å². The van der Waals surface area contributed by atoms with Crippen molar-refractivity contribution in [2.24, 2.45) is 0 Å². The highest BCUT2D eigenvalue weighted by molar-refractivity contribution is 5.83. The van der Waals surface area contributed by atoms with E-state index < -0.39 is 0 Å². The molecular weight excluding hydrogens is 344 g/mol. The molecule has 0 aliphatic heterocycles. The van der Waals surface area contributed by atoms with Crippen LogP contribution in [0.25, 0.3) is 5.57 Å². The molecule has 1 aliphatic carbocycles. The van der Waals surface area contributed by atoms with Gasteiger partial charge in [0.1, 0.15) is 12.4 Å². The van der Waals surface area contributed by atoms with E-state index in [2.05, 4.69) is 95.3 Å². The zero-order valence-corrected chi connectivity index (χ0v) is 19.0. The zero-order valence-electron chi connectivity index (χ0n) is 19.0. The normalized spacial score (nSPS) is 15.0. The lowest BCUT2D eigenvalue weighted by molar-refractivity contribution is 0.261. The molecule has 0 bridgehead atoms. The summed E-state index contributed by atoms with van der Waals surface area (Å²) in [6.07, 6.45) is 7.94. The minimum absolute atomic E-state index is 0.110. The average Bonchev–Trinajstić information content (AvgIpc) is 2.65. The summed E-state index contributed by atoms with van der Waals surface area (Å²) < 4.78 is 6.24. The molecule has 0 saturated carbocycles. The van der Waals surface area contributed by atoms with Crippen LogP contribution in [0.15, 0.2) is 35.9 Å². The summed E-state index contributed by atoms with van der Waals surface area (Å²) in [5.74, 6) is 0.988. The molecule has 1 aliphatic rings. The molecule has 3 nitrogen and oxygen atoms in total. The Labute approximate surface area is 173 Å². The third-order valence-corrected chi connectivity index (χ3v) is 5.35. The van der Waals surface area contributed by atoms with Crippen LogP contribution in [0.3, 0.4) is 0 Å². The Morgan fingerprint density at radius 2 is 1.79 bits per heavy atom. The maximum atomic E-state index is 6.24. The molecule has 0 amide bonds. The molecule has 155 valence electrons. The second kappa shape index (κ2) is 10.3. The number of hydrogen-bond acceptors (Lipinski definition) is 3. The minimum Gasteiger partial charge on any atom is -0.492 e. The van der Waals surface area contributed by atoms with E-state index in [4.69, 9.17) is 4.74 Å². The van der Waals surface area contributed by atoms with Gasteiger partial charge in [0, 0.05) is 18.7 Å². The number of hydrogen-bond donors (Lipinski definition) is 0. The molecule has 0 heterocycles. The molecule has 28 heavy (non-hydrogen) atoms. The molecule has 0 spiro atoms. The number of rotatable bonds is 9. The lowest BCUT2D eigenvalue weighted by Crippen LogP contribution is -2.26. The van der Waals surface area contributed by atoms with E-state index in [0.717, 1.165) is 38.3 Å². The highest BCUT2D eigenvalue weighted by Crippen LogP contribution is 2.36. The van der Waals surface area contributed by atoms with Crippen molar-refractivity contribution >= 4 is 5.57 Å². The van der Waals surface area contributed by atoms with E-state index in [9.17, 15) is 0 Å². The molecule has 1 aromatic rings. The van der Waals surface area contributed by atoms with Gasteiger partial charge in [-0.25, -0.2) is 0 Å². The van der Waals surface area contributed by atoms with Crippen LogP contribution in [0.2, 0.25) is 0 Å². The van der Waals surface area contributed by atoms with Crippen LogP contribution in [0, 0.1) is 6.42 Å².